The van der Waals surface area contributed by atoms with Crippen LogP contribution >= 0.6 is 0 Å². The maximum Gasteiger partial charge on any atom is 0.328 e. The molecule has 24 heavy (non-hydrogen) atoms. The van der Waals surface area contributed by atoms with Gasteiger partial charge < -0.3 is 4.74 Å². The van der Waals surface area contributed by atoms with Crippen LogP contribution in [-0.2, 0) is 23.2 Å². The first kappa shape index (κ1) is 16.1. The first-order chi connectivity index (χ1) is 11.6. The third-order valence-electron chi connectivity index (χ3n) is 3.73. The second kappa shape index (κ2) is 6.79. The number of hydrogen-bond donors (Lipinski definition) is 1. The van der Waals surface area contributed by atoms with Crippen molar-refractivity contribution in [2.75, 3.05) is 18.1 Å². The second-order valence-electron chi connectivity index (χ2n) is 5.38. The summed E-state index contributed by atoms with van der Waals surface area (Å²) in [6.45, 7) is 3.18. The monoisotopic (exact) mass is 329 g/mol. The molecule has 1 N–H and O–H groups in total. The molecular formula is C16H19N5O3. The van der Waals surface area contributed by atoms with E-state index in [-0.39, 0.29) is 12.3 Å². The van der Waals surface area contributed by atoms with Gasteiger partial charge in [-0.1, -0.05) is 12.1 Å². The number of nitrogens with zero attached hydrogens (tertiary/aromatic N) is 4. The Morgan fingerprint density at radius 1 is 1.29 bits per heavy atom. The molecule has 3 rings (SSSR count). The number of urea groups is 1. The molecule has 1 fully saturated rings. The van der Waals surface area contributed by atoms with Gasteiger partial charge in [-0.05, 0) is 19.1 Å². The number of imide groups is 1. The molecule has 0 spiro atoms. The maximum atomic E-state index is 12.2. The van der Waals surface area contributed by atoms with E-state index in [1.807, 2.05) is 31.2 Å². The number of anilines is 1. The topological polar surface area (TPSA) is 89.4 Å². The van der Waals surface area contributed by atoms with E-state index in [1.54, 1.807) is 16.6 Å². The van der Waals surface area contributed by atoms with Crippen molar-refractivity contribution in [1.29, 1.82) is 0 Å². The molecule has 0 radical (unpaired) electrons. The fourth-order valence-electron chi connectivity index (χ4n) is 2.62. The van der Waals surface area contributed by atoms with Crippen molar-refractivity contribution in [2.45, 2.75) is 20.0 Å². The zero-order valence-electron chi connectivity index (χ0n) is 13.7. The summed E-state index contributed by atoms with van der Waals surface area (Å²) < 4.78 is 7.02. The summed E-state index contributed by atoms with van der Waals surface area (Å²) in [4.78, 5) is 29.6. The number of aryl methyl sites for hydroxylation is 1. The molecule has 2 heterocycles. The van der Waals surface area contributed by atoms with Crippen LogP contribution in [0, 0.1) is 0 Å². The molecule has 1 aliphatic heterocycles. The van der Waals surface area contributed by atoms with E-state index >= 15 is 0 Å². The van der Waals surface area contributed by atoms with Gasteiger partial charge in [0.25, 0.3) is 0 Å². The quantitative estimate of drug-likeness (QED) is 0.897. The van der Waals surface area contributed by atoms with Crippen LogP contribution in [0.5, 0.6) is 0 Å². The van der Waals surface area contributed by atoms with Gasteiger partial charge in [-0.15, -0.1) is 0 Å². The Bertz CT molecular complexity index is 771. The molecule has 0 aliphatic carbocycles. The van der Waals surface area contributed by atoms with Crippen LogP contribution in [0.15, 0.2) is 24.3 Å². The first-order valence-electron chi connectivity index (χ1n) is 7.78. The van der Waals surface area contributed by atoms with Crippen molar-refractivity contribution < 1.29 is 14.3 Å². The molecule has 1 saturated heterocycles. The third kappa shape index (κ3) is 3.13. The minimum absolute atomic E-state index is 0.258. The number of para-hydroxylation sites is 1. The van der Waals surface area contributed by atoms with Gasteiger partial charge in [0.15, 0.2) is 11.6 Å². The van der Waals surface area contributed by atoms with Crippen molar-refractivity contribution in [1.82, 2.24) is 20.1 Å². The number of benzene rings is 1. The van der Waals surface area contributed by atoms with E-state index in [0.29, 0.717) is 37.1 Å². The lowest BCUT2D eigenvalue weighted by Crippen LogP contribution is -2.49. The van der Waals surface area contributed by atoms with Crippen molar-refractivity contribution in [3.8, 4) is 11.4 Å². The zero-order chi connectivity index (χ0) is 17.1. The molecule has 8 nitrogen and oxygen atoms in total. The summed E-state index contributed by atoms with van der Waals surface area (Å²) in [6, 6.07) is 7.02. The van der Waals surface area contributed by atoms with Crippen LogP contribution in [0.25, 0.3) is 11.4 Å². The summed E-state index contributed by atoms with van der Waals surface area (Å²) in [5.74, 6) is 0.971. The Morgan fingerprint density at radius 3 is 2.83 bits per heavy atom. The molecule has 0 bridgehead atoms. The largest absolute Gasteiger partial charge is 0.374 e. The number of aromatic nitrogens is 3. The van der Waals surface area contributed by atoms with E-state index in [2.05, 4.69) is 15.4 Å². The van der Waals surface area contributed by atoms with Crippen LogP contribution in [0.2, 0.25) is 0 Å². The van der Waals surface area contributed by atoms with Crippen molar-refractivity contribution in [2.24, 2.45) is 7.05 Å². The zero-order valence-corrected chi connectivity index (χ0v) is 13.7. The van der Waals surface area contributed by atoms with E-state index in [1.165, 1.54) is 0 Å². The highest BCUT2D eigenvalue weighted by Gasteiger charge is 2.27. The van der Waals surface area contributed by atoms with Gasteiger partial charge in [0.2, 0.25) is 5.91 Å². The van der Waals surface area contributed by atoms with Crippen molar-refractivity contribution in [3.63, 3.8) is 0 Å². The lowest BCUT2D eigenvalue weighted by Gasteiger charge is -2.28. The standard InChI is InChI=1S/C16H19N5O3/c1-3-24-10-13-17-15(20(2)19-13)11-6-4-5-7-12(11)21-9-8-14(22)18-16(21)23/h4-7H,3,8-10H2,1-2H3,(H,18,22,23). The highest BCUT2D eigenvalue weighted by Crippen LogP contribution is 2.30. The summed E-state index contributed by atoms with van der Waals surface area (Å²) in [5.41, 5.74) is 1.47. The Hall–Kier alpha value is -2.74. The number of carbonyl (C=O) groups excluding carboxylic acids is 2. The smallest absolute Gasteiger partial charge is 0.328 e. The van der Waals surface area contributed by atoms with Crippen LogP contribution in [0.1, 0.15) is 19.2 Å². The Labute approximate surface area is 139 Å². The van der Waals surface area contributed by atoms with Crippen LogP contribution in [-0.4, -0.2) is 39.9 Å². The van der Waals surface area contributed by atoms with Gasteiger partial charge in [-0.2, -0.15) is 5.10 Å². The molecular weight excluding hydrogens is 310 g/mol. The number of rotatable bonds is 5. The van der Waals surface area contributed by atoms with Gasteiger partial charge in [0, 0.05) is 32.2 Å². The molecule has 2 aromatic rings. The Morgan fingerprint density at radius 2 is 2.08 bits per heavy atom. The number of ether oxygens (including phenoxy) is 1. The minimum atomic E-state index is -0.421. The van der Waals surface area contributed by atoms with Gasteiger partial charge in [0.05, 0.1) is 5.69 Å². The van der Waals surface area contributed by atoms with Gasteiger partial charge in [-0.3, -0.25) is 15.0 Å². The lowest BCUT2D eigenvalue weighted by atomic mass is 10.1. The lowest BCUT2D eigenvalue weighted by molar-refractivity contribution is -0.120. The van der Waals surface area contributed by atoms with Gasteiger partial charge in [-0.25, -0.2) is 14.5 Å². The fourth-order valence-corrected chi connectivity index (χ4v) is 2.62. The van der Waals surface area contributed by atoms with Crippen molar-refractivity contribution >= 4 is 17.6 Å². The van der Waals surface area contributed by atoms with E-state index < -0.39 is 6.03 Å². The molecule has 0 saturated carbocycles. The summed E-state index contributed by atoms with van der Waals surface area (Å²) in [5, 5.41) is 6.69. The molecule has 3 amide bonds. The molecule has 1 aromatic heterocycles. The Balaban J connectivity index is 1.96. The molecule has 0 atom stereocenters. The average molecular weight is 329 g/mol. The number of nitrogens with one attached hydrogen (secondary N) is 1. The van der Waals surface area contributed by atoms with Crippen LogP contribution in [0.3, 0.4) is 0 Å². The fraction of sp³-hybridized carbons (Fsp3) is 0.375. The highest BCUT2D eigenvalue weighted by atomic mass is 16.5. The number of amides is 3. The van der Waals surface area contributed by atoms with E-state index in [0.717, 1.165) is 5.56 Å². The average Bonchev–Trinajstić information content (AvgIpc) is 2.94. The molecule has 1 aromatic carbocycles. The molecule has 126 valence electrons. The Kier molecular flexibility index (Phi) is 4.57. The minimum Gasteiger partial charge on any atom is -0.374 e. The number of carbonyl (C=O) groups is 2. The third-order valence-corrected chi connectivity index (χ3v) is 3.73. The summed E-state index contributed by atoms with van der Waals surface area (Å²) in [7, 11) is 1.80. The van der Waals surface area contributed by atoms with E-state index in [4.69, 9.17) is 4.74 Å². The maximum absolute atomic E-state index is 12.2. The number of hydrogen-bond acceptors (Lipinski definition) is 5. The molecule has 1 aliphatic rings. The highest BCUT2D eigenvalue weighted by molar-refractivity contribution is 6.07. The predicted octanol–water partition coefficient (Wildman–Crippen LogP) is 1.46. The van der Waals surface area contributed by atoms with E-state index in [9.17, 15) is 9.59 Å². The van der Waals surface area contributed by atoms with Crippen LogP contribution < -0.4 is 10.2 Å². The second-order valence-corrected chi connectivity index (χ2v) is 5.38. The predicted molar refractivity (Wildman–Crippen MR) is 87.3 cm³/mol. The van der Waals surface area contributed by atoms with Crippen molar-refractivity contribution in [3.05, 3.63) is 30.1 Å². The van der Waals surface area contributed by atoms with Crippen LogP contribution in [0.4, 0.5) is 10.5 Å². The SMILES string of the molecule is CCOCc1nc(-c2ccccc2N2CCC(=O)NC2=O)n(C)n1. The normalized spacial score (nSPS) is 14.8. The van der Waals surface area contributed by atoms with Gasteiger partial charge in [0.1, 0.15) is 6.61 Å². The first-order valence-corrected chi connectivity index (χ1v) is 7.78. The molecule has 8 heteroatoms. The summed E-state index contributed by atoms with van der Waals surface area (Å²) in [6.07, 6.45) is 0.272. The molecule has 0 unspecified atom stereocenters. The van der Waals surface area contributed by atoms with Gasteiger partial charge >= 0.3 is 6.03 Å². The summed E-state index contributed by atoms with van der Waals surface area (Å²) >= 11 is 0.